The molecule has 0 amide bonds. The predicted molar refractivity (Wildman–Crippen MR) is 173 cm³/mol. The molecule has 234 valence electrons. The third kappa shape index (κ3) is 4.36. The van der Waals surface area contributed by atoms with Gasteiger partial charge >= 0.3 is 5.97 Å². The summed E-state index contributed by atoms with van der Waals surface area (Å²) in [7, 11) is -0.228. The Bertz CT molecular complexity index is 1100. The lowest BCUT2D eigenvalue weighted by Crippen LogP contribution is -2.65. The molecule has 8 atom stereocenters. The van der Waals surface area contributed by atoms with Gasteiger partial charge in [-0.15, -0.1) is 0 Å². The van der Waals surface area contributed by atoms with Gasteiger partial charge in [-0.2, -0.15) is 0 Å². The fourth-order valence-corrected chi connectivity index (χ4v) is 13.0. The highest BCUT2D eigenvalue weighted by atomic mass is 28.4. The molecule has 0 bridgehead atoms. The average molecular weight is 585 g/mol. The third-order valence-corrected chi connectivity index (χ3v) is 19.9. The normalized spacial score (nSPS) is 45.3. The summed E-state index contributed by atoms with van der Waals surface area (Å²) in [6.07, 6.45) is 14.6. The van der Waals surface area contributed by atoms with Crippen molar-refractivity contribution in [1.29, 1.82) is 0 Å². The van der Waals surface area contributed by atoms with Gasteiger partial charge in [0.15, 0.2) is 8.32 Å². The maximum atomic E-state index is 13.5. The lowest BCUT2D eigenvalue weighted by Gasteiger charge is -2.71. The number of esters is 1. The number of fused-ring (bicyclic) bond motifs is 7. The number of methoxy groups -OCH3 is 1. The van der Waals surface area contributed by atoms with E-state index in [9.17, 15) is 4.79 Å². The van der Waals surface area contributed by atoms with Gasteiger partial charge in [-0.1, -0.05) is 80.9 Å². The lowest BCUT2D eigenvalue weighted by atomic mass is 9.33. The summed E-state index contributed by atoms with van der Waals surface area (Å²) in [5.74, 6) is 1.75. The van der Waals surface area contributed by atoms with E-state index < -0.39 is 8.32 Å². The van der Waals surface area contributed by atoms with E-state index in [2.05, 4.69) is 88.4 Å². The summed E-state index contributed by atoms with van der Waals surface area (Å²) >= 11 is 0. The minimum Gasteiger partial charge on any atom is -0.469 e. The molecular weight excluding hydrogens is 520 g/mol. The Balaban J connectivity index is 1.51. The largest absolute Gasteiger partial charge is 0.469 e. The van der Waals surface area contributed by atoms with E-state index in [4.69, 9.17) is 9.16 Å². The smallest absolute Gasteiger partial charge is 0.312 e. The van der Waals surface area contributed by atoms with Crippen molar-refractivity contribution in [1.82, 2.24) is 0 Å². The van der Waals surface area contributed by atoms with Crippen molar-refractivity contribution in [2.75, 3.05) is 7.11 Å². The number of allylic oxidation sites excluding steroid dienone is 2. The first-order valence-electron chi connectivity index (χ1n) is 17.1. The van der Waals surface area contributed by atoms with Crippen LogP contribution in [-0.4, -0.2) is 27.5 Å². The molecule has 5 aliphatic rings. The summed E-state index contributed by atoms with van der Waals surface area (Å²) in [6.45, 7) is 29.9. The fraction of sp³-hybridized carbons (Fsp3) is 0.919. The van der Waals surface area contributed by atoms with Crippen LogP contribution in [-0.2, 0) is 14.0 Å². The van der Waals surface area contributed by atoms with Gasteiger partial charge in [0.25, 0.3) is 0 Å². The first-order chi connectivity index (χ1) is 18.6. The van der Waals surface area contributed by atoms with Crippen molar-refractivity contribution in [3.8, 4) is 0 Å². The van der Waals surface area contributed by atoms with Crippen LogP contribution < -0.4 is 0 Å². The van der Waals surface area contributed by atoms with Crippen LogP contribution in [0.1, 0.15) is 133 Å². The molecule has 0 N–H and O–H groups in total. The molecule has 0 radical (unpaired) electrons. The molecule has 5 aliphatic carbocycles. The van der Waals surface area contributed by atoms with E-state index in [1.54, 1.807) is 12.7 Å². The molecule has 0 saturated heterocycles. The van der Waals surface area contributed by atoms with Crippen LogP contribution in [0.2, 0.25) is 18.1 Å². The number of carbonyl (C=O) groups excluding carboxylic acids is 1. The van der Waals surface area contributed by atoms with Gasteiger partial charge in [-0.05, 0) is 127 Å². The minimum absolute atomic E-state index is 0.0608. The van der Waals surface area contributed by atoms with Crippen molar-refractivity contribution >= 4 is 14.3 Å². The molecule has 0 aromatic carbocycles. The zero-order valence-electron chi connectivity index (χ0n) is 29.2. The van der Waals surface area contributed by atoms with Gasteiger partial charge in [0.05, 0.1) is 18.6 Å². The Kier molecular flexibility index (Phi) is 7.33. The molecule has 0 spiro atoms. The van der Waals surface area contributed by atoms with Crippen LogP contribution in [0.4, 0.5) is 0 Å². The molecule has 4 heteroatoms. The van der Waals surface area contributed by atoms with Gasteiger partial charge in [0.1, 0.15) is 0 Å². The van der Waals surface area contributed by atoms with Crippen LogP contribution in [0.15, 0.2) is 11.6 Å². The van der Waals surface area contributed by atoms with E-state index in [0.717, 1.165) is 32.1 Å². The number of ether oxygens (including phenoxy) is 1. The molecule has 0 aromatic heterocycles. The number of hydrogen-bond acceptors (Lipinski definition) is 3. The SMILES string of the molecule is COC(=O)[C@]12CCC(C)(C)C[C@H]1C1=CC[C@@H]3[C@@]4(C)CC[C@H](O[Si](C)(C)C(C)(C)C)C(C)(C)[C@@H]4CC[C@@]3(C)[C@]1(C)CC2. The molecule has 0 aliphatic heterocycles. The molecule has 3 nitrogen and oxygen atoms in total. The molecule has 4 saturated carbocycles. The average Bonchev–Trinajstić information content (AvgIpc) is 2.84. The van der Waals surface area contributed by atoms with Gasteiger partial charge in [-0.25, -0.2) is 0 Å². The van der Waals surface area contributed by atoms with E-state index >= 15 is 0 Å². The predicted octanol–water partition coefficient (Wildman–Crippen LogP) is 10.4. The Morgan fingerprint density at radius 3 is 2.12 bits per heavy atom. The molecule has 0 aromatic rings. The van der Waals surface area contributed by atoms with Crippen molar-refractivity contribution < 1.29 is 14.0 Å². The zero-order valence-corrected chi connectivity index (χ0v) is 30.2. The van der Waals surface area contributed by atoms with Crippen LogP contribution in [0, 0.1) is 50.2 Å². The molecule has 5 rings (SSSR count). The standard InChI is InChI=1S/C37H64O3Si/c1-31(2,3)41(12,13)40-29-17-18-34(8)27(33(29,6)7)16-19-36(10)28(34)15-14-25-26-24-32(4,5)20-22-37(26,30(38)39-11)23-21-35(25,36)9/h14,26-29H,15-24H2,1-13H3/t26-,27-,28+,29-,34-,35+,36+,37-/m0/s1. The second-order valence-electron chi connectivity index (χ2n) is 19.1. The summed E-state index contributed by atoms with van der Waals surface area (Å²) in [5.41, 5.74) is 2.49. The molecule has 41 heavy (non-hydrogen) atoms. The number of rotatable bonds is 3. The van der Waals surface area contributed by atoms with Crippen LogP contribution in [0.3, 0.4) is 0 Å². The quantitative estimate of drug-likeness (QED) is 0.188. The van der Waals surface area contributed by atoms with Gasteiger partial charge in [0.2, 0.25) is 0 Å². The second-order valence-corrected chi connectivity index (χ2v) is 23.8. The highest BCUT2D eigenvalue weighted by Crippen LogP contribution is 2.76. The Labute approximate surface area is 254 Å². The van der Waals surface area contributed by atoms with Gasteiger partial charge in [0, 0.05) is 0 Å². The monoisotopic (exact) mass is 584 g/mol. The van der Waals surface area contributed by atoms with E-state index in [-0.39, 0.29) is 38.1 Å². The van der Waals surface area contributed by atoms with Gasteiger partial charge < -0.3 is 9.16 Å². The van der Waals surface area contributed by atoms with E-state index in [0.29, 0.717) is 29.3 Å². The summed E-state index contributed by atoms with van der Waals surface area (Å²) < 4.78 is 12.8. The zero-order chi connectivity index (χ0) is 30.7. The topological polar surface area (TPSA) is 35.5 Å². The van der Waals surface area contributed by atoms with Crippen LogP contribution in [0.25, 0.3) is 0 Å². The summed E-state index contributed by atoms with van der Waals surface area (Å²) in [5, 5.41) is 0.238. The van der Waals surface area contributed by atoms with Crippen molar-refractivity contribution in [2.45, 2.75) is 158 Å². The maximum Gasteiger partial charge on any atom is 0.312 e. The Morgan fingerprint density at radius 2 is 1.51 bits per heavy atom. The minimum atomic E-state index is -1.84. The fourth-order valence-electron chi connectivity index (χ4n) is 11.5. The van der Waals surface area contributed by atoms with Crippen LogP contribution >= 0.6 is 0 Å². The van der Waals surface area contributed by atoms with Crippen molar-refractivity contribution in [2.24, 2.45) is 50.2 Å². The second kappa shape index (κ2) is 9.45. The number of hydrogen-bond donors (Lipinski definition) is 0. The first-order valence-corrected chi connectivity index (χ1v) is 20.0. The van der Waals surface area contributed by atoms with Crippen molar-refractivity contribution in [3.63, 3.8) is 0 Å². The first kappa shape index (κ1) is 31.8. The molecule has 0 unspecified atom stereocenters. The third-order valence-electron chi connectivity index (χ3n) is 15.4. The van der Waals surface area contributed by atoms with E-state index in [1.165, 1.54) is 32.1 Å². The lowest BCUT2D eigenvalue weighted by molar-refractivity contribution is -0.204. The van der Waals surface area contributed by atoms with Crippen molar-refractivity contribution in [3.05, 3.63) is 11.6 Å². The maximum absolute atomic E-state index is 13.5. The molecule has 0 heterocycles. The van der Waals surface area contributed by atoms with Gasteiger partial charge in [-0.3, -0.25) is 4.79 Å². The summed E-state index contributed by atoms with van der Waals surface area (Å²) in [4.78, 5) is 13.5. The Morgan fingerprint density at radius 1 is 0.878 bits per heavy atom. The van der Waals surface area contributed by atoms with Crippen LogP contribution in [0.5, 0.6) is 0 Å². The summed E-state index contributed by atoms with van der Waals surface area (Å²) in [6, 6.07) is 0. The molecular formula is C37H64O3Si. The Hall–Kier alpha value is -0.613. The molecule has 4 fully saturated rings. The highest BCUT2D eigenvalue weighted by Gasteiger charge is 2.69. The number of carbonyl (C=O) groups is 1. The highest BCUT2D eigenvalue weighted by molar-refractivity contribution is 6.74. The van der Waals surface area contributed by atoms with E-state index in [1.807, 2.05) is 0 Å².